The smallest absolute Gasteiger partial charge is 0.248 e. The summed E-state index contributed by atoms with van der Waals surface area (Å²) in [4.78, 5) is 17.4. The lowest BCUT2D eigenvalue weighted by Crippen LogP contribution is -2.65. The quantitative estimate of drug-likeness (QED) is 0.600. The lowest BCUT2D eigenvalue weighted by Gasteiger charge is -2.52. The minimum Gasteiger partial charge on any atom is -0.358 e. The third kappa shape index (κ3) is 3.33. The molecule has 1 amide bonds. The molecule has 0 radical (unpaired) electrons. The van der Waals surface area contributed by atoms with Crippen LogP contribution in [0.4, 0.5) is 5.69 Å². The molecule has 1 heterocycles. The van der Waals surface area contributed by atoms with Gasteiger partial charge in [-0.2, -0.15) is 0 Å². The van der Waals surface area contributed by atoms with Crippen molar-refractivity contribution >= 4 is 11.6 Å². The molecule has 0 aromatic heterocycles. The zero-order chi connectivity index (χ0) is 18.6. The molecule has 1 fully saturated rings. The Bertz CT molecular complexity index is 880. The average molecular weight is 356 g/mol. The molecule has 3 nitrogen and oxygen atoms in total. The van der Waals surface area contributed by atoms with Crippen molar-refractivity contribution in [1.29, 1.82) is 0 Å². The second kappa shape index (κ2) is 7.67. The van der Waals surface area contributed by atoms with E-state index >= 15 is 0 Å². The summed E-state index contributed by atoms with van der Waals surface area (Å²) in [6.45, 7) is 3.55. The molecule has 1 aliphatic heterocycles. The molecular weight excluding hydrogens is 332 g/mol. The Hall–Kier alpha value is -3.07. The summed E-state index contributed by atoms with van der Waals surface area (Å²) in [5, 5.41) is 0. The van der Waals surface area contributed by atoms with Gasteiger partial charge >= 0.3 is 0 Å². The Labute approximate surface area is 160 Å². The van der Waals surface area contributed by atoms with E-state index in [4.69, 9.17) is 0 Å². The van der Waals surface area contributed by atoms with Gasteiger partial charge in [-0.3, -0.25) is 4.79 Å². The molecule has 1 saturated heterocycles. The summed E-state index contributed by atoms with van der Waals surface area (Å²) >= 11 is 0. The monoisotopic (exact) mass is 356 g/mol. The van der Waals surface area contributed by atoms with Crippen molar-refractivity contribution in [3.63, 3.8) is 0 Å². The van der Waals surface area contributed by atoms with Crippen LogP contribution in [0.2, 0.25) is 0 Å². The van der Waals surface area contributed by atoms with E-state index in [0.717, 1.165) is 17.8 Å². The van der Waals surface area contributed by atoms with Crippen molar-refractivity contribution in [2.75, 3.05) is 11.4 Å². The Morgan fingerprint density at radius 3 is 1.96 bits per heavy atom. The molecular formula is C24H24N2O. The molecule has 0 bridgehead atoms. The van der Waals surface area contributed by atoms with Gasteiger partial charge in [-0.1, -0.05) is 78.9 Å². The number of nitrogens with zero attached hydrogens (tertiary/aromatic N) is 2. The predicted octanol–water partition coefficient (Wildman–Crippen LogP) is 4.67. The van der Waals surface area contributed by atoms with Crippen LogP contribution >= 0.6 is 0 Å². The minimum absolute atomic E-state index is 0.0547. The van der Waals surface area contributed by atoms with Crippen molar-refractivity contribution in [2.45, 2.75) is 25.6 Å². The van der Waals surface area contributed by atoms with Gasteiger partial charge in [-0.15, -0.1) is 0 Å². The van der Waals surface area contributed by atoms with Gasteiger partial charge in [-0.05, 0) is 30.2 Å². The first-order valence-electron chi connectivity index (χ1n) is 9.50. The van der Waals surface area contributed by atoms with Gasteiger partial charge in [0.15, 0.2) is 0 Å². The number of amides is 1. The molecule has 0 saturated carbocycles. The number of para-hydroxylation sites is 1. The van der Waals surface area contributed by atoms with E-state index in [2.05, 4.69) is 60.4 Å². The molecule has 0 N–H and O–H groups in total. The third-order valence-electron chi connectivity index (χ3n) is 5.27. The summed E-state index contributed by atoms with van der Waals surface area (Å²) in [6.07, 6.45) is 0. The summed E-state index contributed by atoms with van der Waals surface area (Å²) in [5.74, 6) is 0.193. The molecule has 1 aliphatic rings. The Balaban J connectivity index is 1.67. The van der Waals surface area contributed by atoms with Crippen molar-refractivity contribution in [3.05, 3.63) is 102 Å². The average Bonchev–Trinajstić information content (AvgIpc) is 2.74. The van der Waals surface area contributed by atoms with Gasteiger partial charge in [0.05, 0.1) is 6.04 Å². The van der Waals surface area contributed by atoms with Gasteiger partial charge < -0.3 is 9.80 Å². The number of rotatable bonds is 6. The molecule has 2 atom stereocenters. The van der Waals surface area contributed by atoms with Crippen LogP contribution in [-0.2, 0) is 11.3 Å². The van der Waals surface area contributed by atoms with Crippen LogP contribution < -0.4 is 4.90 Å². The Morgan fingerprint density at radius 1 is 0.815 bits per heavy atom. The van der Waals surface area contributed by atoms with E-state index in [1.54, 1.807) is 0 Å². The fourth-order valence-electron chi connectivity index (χ4n) is 3.96. The Morgan fingerprint density at radius 2 is 1.37 bits per heavy atom. The second-order valence-electron chi connectivity index (χ2n) is 6.87. The highest BCUT2D eigenvalue weighted by atomic mass is 16.2. The SMILES string of the molecule is CCN(c1ccccc1)[C@@H]1C(=O)N(Cc2ccccc2)[C@@H]1c1ccccc1. The number of hydrogen-bond acceptors (Lipinski definition) is 2. The zero-order valence-corrected chi connectivity index (χ0v) is 15.5. The largest absolute Gasteiger partial charge is 0.358 e. The van der Waals surface area contributed by atoms with E-state index in [9.17, 15) is 4.79 Å². The van der Waals surface area contributed by atoms with Crippen LogP contribution in [0.3, 0.4) is 0 Å². The van der Waals surface area contributed by atoms with Gasteiger partial charge in [0.25, 0.3) is 0 Å². The number of hydrogen-bond donors (Lipinski definition) is 0. The van der Waals surface area contributed by atoms with Crippen LogP contribution in [-0.4, -0.2) is 23.4 Å². The van der Waals surface area contributed by atoms with Crippen molar-refractivity contribution < 1.29 is 4.79 Å². The number of carbonyl (C=O) groups is 1. The van der Waals surface area contributed by atoms with E-state index in [-0.39, 0.29) is 18.0 Å². The van der Waals surface area contributed by atoms with Crippen molar-refractivity contribution in [3.8, 4) is 0 Å². The third-order valence-corrected chi connectivity index (χ3v) is 5.27. The summed E-state index contributed by atoms with van der Waals surface area (Å²) in [5.41, 5.74) is 3.44. The van der Waals surface area contributed by atoms with Crippen LogP contribution in [0.25, 0.3) is 0 Å². The number of anilines is 1. The summed E-state index contributed by atoms with van der Waals surface area (Å²) in [7, 11) is 0. The lowest BCUT2D eigenvalue weighted by molar-refractivity contribution is -0.151. The lowest BCUT2D eigenvalue weighted by atomic mass is 9.86. The second-order valence-corrected chi connectivity index (χ2v) is 6.87. The fraction of sp³-hybridized carbons (Fsp3) is 0.208. The number of β-lactam (4-membered cyclic amide) rings is 1. The fourth-order valence-corrected chi connectivity index (χ4v) is 3.96. The number of likely N-dealkylation sites (N-methyl/N-ethyl adjacent to an activating group) is 1. The van der Waals surface area contributed by atoms with Crippen molar-refractivity contribution in [2.24, 2.45) is 0 Å². The van der Waals surface area contributed by atoms with E-state index in [1.807, 2.05) is 47.4 Å². The summed E-state index contributed by atoms with van der Waals surface area (Å²) < 4.78 is 0. The van der Waals surface area contributed by atoms with Gasteiger partial charge in [0.2, 0.25) is 5.91 Å². The first kappa shape index (κ1) is 17.3. The normalized spacial score (nSPS) is 18.9. The molecule has 3 heteroatoms. The van der Waals surface area contributed by atoms with Gasteiger partial charge in [0.1, 0.15) is 6.04 Å². The van der Waals surface area contributed by atoms with E-state index in [1.165, 1.54) is 5.56 Å². The Kier molecular flexibility index (Phi) is 4.93. The standard InChI is InChI=1S/C24H24N2O/c1-2-25(21-16-10-5-11-17-21)23-22(20-14-8-4-9-15-20)26(24(23)27)18-19-12-6-3-7-13-19/h3-17,22-23H,2,18H2,1H3/t22-,23+/m1/s1. The first-order chi connectivity index (χ1) is 13.3. The first-order valence-corrected chi connectivity index (χ1v) is 9.50. The highest BCUT2D eigenvalue weighted by Crippen LogP contribution is 2.40. The molecule has 27 heavy (non-hydrogen) atoms. The summed E-state index contributed by atoms with van der Waals surface area (Å²) in [6, 6.07) is 30.7. The molecule has 136 valence electrons. The molecule has 4 rings (SSSR count). The van der Waals surface area contributed by atoms with E-state index in [0.29, 0.717) is 6.54 Å². The maximum atomic E-state index is 13.2. The topological polar surface area (TPSA) is 23.6 Å². The highest BCUT2D eigenvalue weighted by molar-refractivity contribution is 5.93. The van der Waals surface area contributed by atoms with Crippen LogP contribution in [0.15, 0.2) is 91.0 Å². The zero-order valence-electron chi connectivity index (χ0n) is 15.5. The number of carbonyl (C=O) groups excluding carboxylic acids is 1. The van der Waals surface area contributed by atoms with Crippen LogP contribution in [0.1, 0.15) is 24.1 Å². The van der Waals surface area contributed by atoms with E-state index < -0.39 is 0 Å². The highest BCUT2D eigenvalue weighted by Gasteiger charge is 2.50. The molecule has 0 spiro atoms. The molecule has 3 aromatic rings. The maximum Gasteiger partial charge on any atom is 0.248 e. The van der Waals surface area contributed by atoms with Gasteiger partial charge in [-0.25, -0.2) is 0 Å². The molecule has 3 aromatic carbocycles. The van der Waals surface area contributed by atoms with Crippen LogP contribution in [0, 0.1) is 0 Å². The van der Waals surface area contributed by atoms with Crippen LogP contribution in [0.5, 0.6) is 0 Å². The molecule has 0 aliphatic carbocycles. The minimum atomic E-state index is -0.163. The van der Waals surface area contributed by atoms with Gasteiger partial charge in [0, 0.05) is 18.8 Å². The van der Waals surface area contributed by atoms with Crippen molar-refractivity contribution in [1.82, 2.24) is 4.90 Å². The maximum absolute atomic E-state index is 13.2. The number of likely N-dealkylation sites (tertiary alicyclic amines) is 1. The number of benzene rings is 3. The molecule has 0 unspecified atom stereocenters. The predicted molar refractivity (Wildman–Crippen MR) is 109 cm³/mol.